The quantitative estimate of drug-likeness (QED) is 0.177. The van der Waals surface area contributed by atoms with Crippen molar-refractivity contribution in [3.8, 4) is 0 Å². The molecule has 0 fully saturated rings. The first-order chi connectivity index (χ1) is 14.5. The molecule has 0 unspecified atom stereocenters. The van der Waals surface area contributed by atoms with Gasteiger partial charge in [0, 0.05) is 0 Å². The van der Waals surface area contributed by atoms with Crippen LogP contribution in [0.15, 0.2) is 121 Å². The van der Waals surface area contributed by atoms with Crippen molar-refractivity contribution in [1.29, 1.82) is 0 Å². The molecule has 0 aliphatic rings. The van der Waals surface area contributed by atoms with Crippen molar-refractivity contribution in [3.63, 3.8) is 0 Å². The molecule has 0 saturated heterocycles. The molecule has 0 atom stereocenters. The number of hydrogen-bond donors (Lipinski definition) is 0. The molecule has 0 spiro atoms. The normalized spacial score (nSPS) is 13.4. The third-order valence-electron chi connectivity index (χ3n) is 5.22. The zero-order valence-corrected chi connectivity index (χ0v) is 20.0. The fraction of sp³-hybridized carbons (Fsp3) is 0. The molecule has 0 aliphatic heterocycles. The molecule has 152 valence electrons. The van der Waals surface area contributed by atoms with Crippen LogP contribution in [0, 0.1) is 0 Å². The molecular formula is C24H20AsIO4. The molecule has 4 aromatic rings. The summed E-state index contributed by atoms with van der Waals surface area (Å²) >= 11 is -11.4. The summed E-state index contributed by atoms with van der Waals surface area (Å²) in [6.45, 7) is 0. The van der Waals surface area contributed by atoms with Crippen molar-refractivity contribution in [2.75, 3.05) is 0 Å². The van der Waals surface area contributed by atoms with Crippen LogP contribution >= 0.6 is 0 Å². The van der Waals surface area contributed by atoms with Crippen molar-refractivity contribution >= 4 is 30.2 Å². The molecule has 4 rings (SSSR count). The Morgan fingerprint density at radius 2 is 0.667 bits per heavy atom. The molecule has 6 heteroatoms. The van der Waals surface area contributed by atoms with E-state index in [-0.39, 0.29) is 0 Å². The number of hydrogen-bond acceptors (Lipinski definition) is 4. The predicted molar refractivity (Wildman–Crippen MR) is 111 cm³/mol. The molecule has 0 amide bonds. The van der Waals surface area contributed by atoms with Crippen LogP contribution in [0.1, 0.15) is 0 Å². The summed E-state index contributed by atoms with van der Waals surface area (Å²) in [6.07, 6.45) is 0. The fourth-order valence-electron chi connectivity index (χ4n) is 4.07. The zero-order chi connectivity index (χ0) is 21.1. The Bertz CT molecular complexity index is 932. The summed E-state index contributed by atoms with van der Waals surface area (Å²) in [6, 6.07) is 37.2. The Balaban J connectivity index is 2.31. The van der Waals surface area contributed by atoms with Crippen LogP contribution in [0.3, 0.4) is 0 Å². The van der Waals surface area contributed by atoms with Crippen molar-refractivity contribution in [3.05, 3.63) is 121 Å². The Labute approximate surface area is 183 Å². The minimum absolute atomic E-state index is 0.704. The molecule has 0 radical (unpaired) electrons. The molecule has 0 bridgehead atoms. The van der Waals surface area contributed by atoms with Crippen LogP contribution in [0.2, 0.25) is 0 Å². The second kappa shape index (κ2) is 8.27. The average molecular weight is 574 g/mol. The van der Waals surface area contributed by atoms with Gasteiger partial charge in [-0.05, 0) is 0 Å². The molecule has 0 N–H and O–H groups in total. The van der Waals surface area contributed by atoms with Crippen LogP contribution in [0.25, 0.3) is 0 Å². The van der Waals surface area contributed by atoms with Crippen LogP contribution < -0.4 is 47.8 Å². The van der Waals surface area contributed by atoms with E-state index in [2.05, 4.69) is 0 Å². The first-order valence-electron chi connectivity index (χ1n) is 9.34. The van der Waals surface area contributed by atoms with Crippen LogP contribution in [0.4, 0.5) is 0 Å². The van der Waals surface area contributed by atoms with E-state index in [1.807, 2.05) is 121 Å². The van der Waals surface area contributed by atoms with Gasteiger partial charge in [-0.15, -0.1) is 0 Å². The van der Waals surface area contributed by atoms with Gasteiger partial charge in [0.05, 0.1) is 0 Å². The molecule has 4 nitrogen and oxygen atoms in total. The monoisotopic (exact) mass is 574 g/mol. The van der Waals surface area contributed by atoms with Gasteiger partial charge in [-0.25, -0.2) is 0 Å². The number of rotatable bonds is 6. The average Bonchev–Trinajstić information content (AvgIpc) is 2.79. The van der Waals surface area contributed by atoms with Gasteiger partial charge in [-0.2, -0.15) is 0 Å². The molecule has 0 heterocycles. The van der Waals surface area contributed by atoms with Gasteiger partial charge in [-0.1, -0.05) is 0 Å². The SMILES string of the molecule is [O-][I+3]([O-])([O-])O[As](c1ccccc1)(c1ccccc1)(c1ccccc1)c1ccccc1. The second-order valence-corrected chi connectivity index (χ2v) is 20.0. The van der Waals surface area contributed by atoms with Gasteiger partial charge in [0.2, 0.25) is 0 Å². The van der Waals surface area contributed by atoms with E-state index in [9.17, 15) is 10.3 Å². The van der Waals surface area contributed by atoms with Gasteiger partial charge in [0.25, 0.3) is 0 Å². The summed E-state index contributed by atoms with van der Waals surface area (Å²) in [5.74, 6) is 0. The van der Waals surface area contributed by atoms with E-state index < -0.39 is 32.9 Å². The van der Waals surface area contributed by atoms with E-state index >= 15 is 0 Å². The van der Waals surface area contributed by atoms with E-state index in [0.29, 0.717) is 17.4 Å². The Morgan fingerprint density at radius 1 is 0.433 bits per heavy atom. The van der Waals surface area contributed by atoms with Crippen LogP contribution in [0.5, 0.6) is 0 Å². The molecule has 0 aliphatic carbocycles. The second-order valence-electron chi connectivity index (χ2n) is 6.83. The molecule has 0 saturated carbocycles. The maximum atomic E-state index is 12.5. The maximum absolute atomic E-state index is 12.5. The van der Waals surface area contributed by atoms with Gasteiger partial charge in [0.15, 0.2) is 0 Å². The molecule has 0 aromatic heterocycles. The van der Waals surface area contributed by atoms with Gasteiger partial charge in [0.1, 0.15) is 0 Å². The summed E-state index contributed by atoms with van der Waals surface area (Å²) in [7, 11) is 0. The standard InChI is InChI=1S/C24H20AsIO4/c27-26(28,29)30-25(21-13-5-1-6-14-21,22-15-7-2-8-16-22,23-17-9-3-10-18-23)24-19-11-4-12-20-24/h1-20H. The van der Waals surface area contributed by atoms with Gasteiger partial charge in [-0.3, -0.25) is 0 Å². The first-order valence-corrected chi connectivity index (χ1v) is 17.4. The molecule has 30 heavy (non-hydrogen) atoms. The molecule has 4 aromatic carbocycles. The van der Waals surface area contributed by atoms with Crippen molar-refractivity contribution in [2.24, 2.45) is 0 Å². The topological polar surface area (TPSA) is 78.4 Å². The summed E-state index contributed by atoms with van der Waals surface area (Å²) < 4.78 is 46.4. The van der Waals surface area contributed by atoms with E-state index in [4.69, 9.17) is 2.06 Å². The first kappa shape index (κ1) is 21.2. The zero-order valence-electron chi connectivity index (χ0n) is 16.0. The summed E-state index contributed by atoms with van der Waals surface area (Å²) in [4.78, 5) is 0. The Kier molecular flexibility index (Phi) is 5.86. The number of halogens is 1. The van der Waals surface area contributed by atoms with Crippen molar-refractivity contribution in [2.45, 2.75) is 0 Å². The minimum atomic E-state index is -6.26. The van der Waals surface area contributed by atoms with Crippen molar-refractivity contribution in [1.82, 2.24) is 0 Å². The molecular weight excluding hydrogens is 554 g/mol. The van der Waals surface area contributed by atoms with Crippen LogP contribution in [-0.4, -0.2) is 12.8 Å². The van der Waals surface area contributed by atoms with Crippen LogP contribution in [-0.2, 0) is 2.06 Å². The predicted octanol–water partition coefficient (Wildman–Crippen LogP) is -3.57. The van der Waals surface area contributed by atoms with Gasteiger partial charge < -0.3 is 0 Å². The third-order valence-corrected chi connectivity index (χ3v) is 23.5. The van der Waals surface area contributed by atoms with Gasteiger partial charge >= 0.3 is 184 Å². The van der Waals surface area contributed by atoms with E-state index in [1.165, 1.54) is 0 Å². The summed E-state index contributed by atoms with van der Waals surface area (Å²) in [5.41, 5.74) is 0. The Morgan fingerprint density at radius 3 is 0.867 bits per heavy atom. The Hall–Kier alpha value is -1.99. The fourth-order valence-corrected chi connectivity index (χ4v) is 25.2. The number of benzene rings is 4. The van der Waals surface area contributed by atoms with E-state index in [0.717, 1.165) is 0 Å². The summed E-state index contributed by atoms with van der Waals surface area (Å²) in [5, 5.41) is 0. The van der Waals surface area contributed by atoms with E-state index in [1.54, 1.807) is 0 Å². The van der Waals surface area contributed by atoms with Crippen molar-refractivity contribution < 1.29 is 32.5 Å². The third kappa shape index (κ3) is 3.42.